The Morgan fingerprint density at radius 3 is 2.32 bits per heavy atom. The van der Waals surface area contributed by atoms with Crippen LogP contribution in [0.4, 0.5) is 0 Å². The first-order chi connectivity index (χ1) is 8.93. The number of benzene rings is 1. The summed E-state index contributed by atoms with van der Waals surface area (Å²) < 4.78 is 5.69. The molecule has 19 heavy (non-hydrogen) atoms. The maximum atomic E-state index is 5.69. The quantitative estimate of drug-likeness (QED) is 0.858. The zero-order valence-corrected chi connectivity index (χ0v) is 13.2. The minimum atomic E-state index is 0.359. The summed E-state index contributed by atoms with van der Waals surface area (Å²) in [6.07, 6.45) is 2.08. The van der Waals surface area contributed by atoms with Crippen LogP contribution in [0, 0.1) is 20.8 Å². The highest BCUT2D eigenvalue weighted by molar-refractivity contribution is 5.51. The number of hydrogen-bond donors (Lipinski definition) is 1. The lowest BCUT2D eigenvalue weighted by Gasteiger charge is -2.29. The van der Waals surface area contributed by atoms with Crippen molar-refractivity contribution in [3.05, 3.63) is 28.3 Å². The Hall–Kier alpha value is -1.06. The molecular formula is C16H28N2O. The molecule has 1 unspecified atom stereocenters. The first-order valence-electron chi connectivity index (χ1n) is 6.95. The number of ether oxygens (including phenoxy) is 1. The van der Waals surface area contributed by atoms with Crippen LogP contribution in [0.2, 0.25) is 0 Å². The van der Waals surface area contributed by atoms with Crippen molar-refractivity contribution in [2.24, 2.45) is 5.73 Å². The van der Waals surface area contributed by atoms with Crippen LogP contribution in [0.25, 0.3) is 0 Å². The van der Waals surface area contributed by atoms with Crippen LogP contribution in [0.15, 0.2) is 6.07 Å². The average Bonchev–Trinajstić information content (AvgIpc) is 2.35. The molecule has 0 fully saturated rings. The molecule has 0 aromatic heterocycles. The molecule has 0 heterocycles. The Kier molecular flexibility index (Phi) is 5.83. The molecule has 0 radical (unpaired) electrons. The maximum absolute atomic E-state index is 5.69. The van der Waals surface area contributed by atoms with Gasteiger partial charge in [0.1, 0.15) is 5.75 Å². The van der Waals surface area contributed by atoms with E-state index in [1.165, 1.54) is 22.3 Å². The van der Waals surface area contributed by atoms with Gasteiger partial charge in [0.2, 0.25) is 0 Å². The average molecular weight is 264 g/mol. The highest BCUT2D eigenvalue weighted by Gasteiger charge is 2.22. The van der Waals surface area contributed by atoms with Gasteiger partial charge in [0, 0.05) is 11.6 Å². The normalized spacial score (nSPS) is 12.8. The van der Waals surface area contributed by atoms with Crippen LogP contribution in [0.1, 0.15) is 41.1 Å². The molecule has 0 aliphatic heterocycles. The summed E-state index contributed by atoms with van der Waals surface area (Å²) in [7, 11) is 6.00. The Bertz CT molecular complexity index is 427. The molecule has 0 aliphatic carbocycles. The van der Waals surface area contributed by atoms with Crippen molar-refractivity contribution in [1.82, 2.24) is 4.90 Å². The third-order valence-corrected chi connectivity index (χ3v) is 3.88. The number of nitrogens with zero attached hydrogens (tertiary/aromatic N) is 1. The first-order valence-corrected chi connectivity index (χ1v) is 6.95. The molecule has 1 atom stereocenters. The van der Waals surface area contributed by atoms with Crippen molar-refractivity contribution in [3.63, 3.8) is 0 Å². The number of hydrogen-bond acceptors (Lipinski definition) is 3. The molecule has 2 N–H and O–H groups in total. The lowest BCUT2D eigenvalue weighted by Crippen LogP contribution is -2.23. The van der Waals surface area contributed by atoms with Crippen LogP contribution in [0.5, 0.6) is 5.75 Å². The summed E-state index contributed by atoms with van der Waals surface area (Å²) in [4.78, 5) is 2.26. The first kappa shape index (κ1) is 16.0. The molecular weight excluding hydrogens is 236 g/mol. The molecule has 0 saturated heterocycles. The zero-order valence-electron chi connectivity index (χ0n) is 13.2. The predicted molar refractivity (Wildman–Crippen MR) is 81.9 cm³/mol. The molecule has 108 valence electrons. The van der Waals surface area contributed by atoms with Crippen LogP contribution in [0.3, 0.4) is 0 Å². The highest BCUT2D eigenvalue weighted by Crippen LogP contribution is 2.37. The predicted octanol–water partition coefficient (Wildman–Crippen LogP) is 2.96. The summed E-state index contributed by atoms with van der Waals surface area (Å²) in [6, 6.07) is 2.62. The van der Waals surface area contributed by atoms with E-state index in [0.29, 0.717) is 6.04 Å². The monoisotopic (exact) mass is 264 g/mol. The Balaban J connectivity index is 3.32. The number of aryl methyl sites for hydroxylation is 2. The van der Waals surface area contributed by atoms with Gasteiger partial charge >= 0.3 is 0 Å². The summed E-state index contributed by atoms with van der Waals surface area (Å²) in [5, 5.41) is 0. The molecule has 1 aromatic rings. The Morgan fingerprint density at radius 1 is 1.21 bits per heavy atom. The number of methoxy groups -OCH3 is 1. The zero-order chi connectivity index (χ0) is 14.6. The van der Waals surface area contributed by atoms with E-state index in [-0.39, 0.29) is 0 Å². The lowest BCUT2D eigenvalue weighted by atomic mass is 9.91. The van der Waals surface area contributed by atoms with Crippen molar-refractivity contribution < 1.29 is 4.74 Å². The summed E-state index contributed by atoms with van der Waals surface area (Å²) >= 11 is 0. The van der Waals surface area contributed by atoms with E-state index in [2.05, 4.69) is 45.8 Å². The Morgan fingerprint density at radius 2 is 1.84 bits per heavy atom. The fraction of sp³-hybridized carbons (Fsp3) is 0.625. The largest absolute Gasteiger partial charge is 0.496 e. The van der Waals surface area contributed by atoms with Crippen molar-refractivity contribution in [2.45, 2.75) is 39.7 Å². The van der Waals surface area contributed by atoms with Gasteiger partial charge in [0.15, 0.2) is 0 Å². The molecule has 3 heteroatoms. The standard InChI is InChI=1S/C16H28N2O/c1-11-10-12(2)15(16(19-6)13(11)3)14(18(4)5)8-7-9-17/h10,14H,7-9,17H2,1-6H3. The fourth-order valence-electron chi connectivity index (χ4n) is 2.72. The lowest BCUT2D eigenvalue weighted by molar-refractivity contribution is 0.270. The van der Waals surface area contributed by atoms with E-state index in [1.807, 2.05) is 0 Å². The molecule has 1 aromatic carbocycles. The van der Waals surface area contributed by atoms with Gasteiger partial charge in [0.25, 0.3) is 0 Å². The van der Waals surface area contributed by atoms with Gasteiger partial charge in [-0.15, -0.1) is 0 Å². The molecule has 0 saturated carbocycles. The van der Waals surface area contributed by atoms with Crippen molar-refractivity contribution >= 4 is 0 Å². The van der Waals surface area contributed by atoms with E-state index in [1.54, 1.807) is 7.11 Å². The van der Waals surface area contributed by atoms with E-state index < -0.39 is 0 Å². The van der Waals surface area contributed by atoms with Crippen LogP contribution in [-0.4, -0.2) is 32.6 Å². The molecule has 0 bridgehead atoms. The summed E-state index contributed by atoms with van der Waals surface area (Å²) in [5.74, 6) is 1.04. The van der Waals surface area contributed by atoms with E-state index >= 15 is 0 Å². The third-order valence-electron chi connectivity index (χ3n) is 3.88. The maximum Gasteiger partial charge on any atom is 0.127 e. The van der Waals surface area contributed by atoms with Crippen molar-refractivity contribution in [1.29, 1.82) is 0 Å². The van der Waals surface area contributed by atoms with E-state index in [4.69, 9.17) is 10.5 Å². The second kappa shape index (κ2) is 6.92. The number of rotatable bonds is 6. The number of nitrogens with two attached hydrogens (primary N) is 1. The van der Waals surface area contributed by atoms with Gasteiger partial charge in [-0.1, -0.05) is 6.07 Å². The fourth-order valence-corrected chi connectivity index (χ4v) is 2.72. The molecule has 0 spiro atoms. The van der Waals surface area contributed by atoms with E-state index in [9.17, 15) is 0 Å². The minimum Gasteiger partial charge on any atom is -0.496 e. The van der Waals surface area contributed by atoms with Crippen molar-refractivity contribution in [3.8, 4) is 5.75 Å². The Labute approximate surface area is 117 Å². The third kappa shape index (κ3) is 3.48. The smallest absolute Gasteiger partial charge is 0.127 e. The van der Waals surface area contributed by atoms with Gasteiger partial charge in [-0.25, -0.2) is 0 Å². The SMILES string of the molecule is COc1c(C)c(C)cc(C)c1C(CCCN)N(C)C. The van der Waals surface area contributed by atoms with Crippen molar-refractivity contribution in [2.75, 3.05) is 27.7 Å². The van der Waals surface area contributed by atoms with Gasteiger partial charge in [-0.3, -0.25) is 0 Å². The van der Waals surface area contributed by atoms with Gasteiger partial charge in [-0.2, -0.15) is 0 Å². The second-order valence-corrected chi connectivity index (χ2v) is 5.49. The van der Waals surface area contributed by atoms with Crippen LogP contribution < -0.4 is 10.5 Å². The van der Waals surface area contributed by atoms with Crippen LogP contribution >= 0.6 is 0 Å². The van der Waals surface area contributed by atoms with Crippen LogP contribution in [-0.2, 0) is 0 Å². The van der Waals surface area contributed by atoms with Gasteiger partial charge in [0.05, 0.1) is 7.11 Å². The summed E-state index contributed by atoms with van der Waals surface area (Å²) in [5.41, 5.74) is 10.8. The molecule has 0 amide bonds. The van der Waals surface area contributed by atoms with Gasteiger partial charge in [-0.05, 0) is 70.9 Å². The summed E-state index contributed by atoms with van der Waals surface area (Å²) in [6.45, 7) is 7.17. The topological polar surface area (TPSA) is 38.5 Å². The molecule has 0 aliphatic rings. The van der Waals surface area contributed by atoms with Gasteiger partial charge < -0.3 is 15.4 Å². The van der Waals surface area contributed by atoms with E-state index in [0.717, 1.165) is 25.1 Å². The molecule has 1 rings (SSSR count). The highest BCUT2D eigenvalue weighted by atomic mass is 16.5. The second-order valence-electron chi connectivity index (χ2n) is 5.49. The molecule has 3 nitrogen and oxygen atoms in total. The minimum absolute atomic E-state index is 0.359.